The first-order valence-corrected chi connectivity index (χ1v) is 8.38. The molecule has 0 radical (unpaired) electrons. The van der Waals surface area contributed by atoms with Crippen LogP contribution in [0.3, 0.4) is 0 Å². The van der Waals surface area contributed by atoms with Crippen molar-refractivity contribution in [3.05, 3.63) is 41.5 Å². The van der Waals surface area contributed by atoms with Crippen LogP contribution in [0, 0.1) is 0 Å². The lowest BCUT2D eigenvalue weighted by molar-refractivity contribution is -0.0484. The molecule has 0 bridgehead atoms. The van der Waals surface area contributed by atoms with Gasteiger partial charge in [0.05, 0.1) is 31.2 Å². The monoisotopic (exact) mass is 377 g/mol. The number of rotatable bonds is 7. The third-order valence-corrected chi connectivity index (χ3v) is 4.35. The van der Waals surface area contributed by atoms with E-state index in [4.69, 9.17) is 14.8 Å². The quantitative estimate of drug-likeness (QED) is 0.265. The minimum Gasteiger partial charge on any atom is -0.507 e. The Morgan fingerprint density at radius 1 is 1.37 bits per heavy atom. The summed E-state index contributed by atoms with van der Waals surface area (Å²) < 4.78 is 5.70. The largest absolute Gasteiger partial charge is 0.507 e. The molecule has 0 atom stereocenters. The number of benzene rings is 1. The Bertz CT molecular complexity index is 792. The first-order chi connectivity index (χ1) is 12.9. The van der Waals surface area contributed by atoms with Crippen molar-refractivity contribution in [2.75, 3.05) is 13.1 Å². The van der Waals surface area contributed by atoms with Gasteiger partial charge < -0.3 is 40.0 Å². The summed E-state index contributed by atoms with van der Waals surface area (Å²) in [5, 5.41) is 47.4. The van der Waals surface area contributed by atoms with Gasteiger partial charge in [0.15, 0.2) is 6.29 Å². The summed E-state index contributed by atoms with van der Waals surface area (Å²) in [5.41, 5.74) is 0.509. The number of carbonyl (C=O) groups excluding carboxylic acids is 1. The third-order valence-electron chi connectivity index (χ3n) is 4.35. The summed E-state index contributed by atoms with van der Waals surface area (Å²) in [7, 11) is -1.53. The van der Waals surface area contributed by atoms with Crippen LogP contribution >= 0.6 is 0 Å². The number of carbonyl (C=O) groups is 1. The van der Waals surface area contributed by atoms with Crippen molar-refractivity contribution < 1.29 is 34.9 Å². The molecule has 0 aliphatic carbocycles. The highest BCUT2D eigenvalue weighted by Gasteiger charge is 2.34. The van der Waals surface area contributed by atoms with Gasteiger partial charge in [0, 0.05) is 0 Å². The van der Waals surface area contributed by atoms with Gasteiger partial charge in [-0.2, -0.15) is 0 Å². The molecular weight excluding hydrogens is 357 g/mol. The van der Waals surface area contributed by atoms with E-state index >= 15 is 0 Å². The topological polar surface area (TPSA) is 159 Å². The molecule has 0 spiro atoms. The number of nitrogens with one attached hydrogen (secondary N) is 1. The summed E-state index contributed by atoms with van der Waals surface area (Å²) in [4.78, 5) is 20.2. The first-order valence-electron chi connectivity index (χ1n) is 8.38. The highest BCUT2D eigenvalue weighted by atomic mass is 16.5. The van der Waals surface area contributed by atoms with E-state index in [9.17, 15) is 20.1 Å². The molecule has 1 aromatic heterocycles. The standard InChI is InChI=1S/C16H20BN3O7/c21-14-9(3-4-17(25)26)1-2-12(13(14)16(23)24)27-10-6-20(7-10)15(22)11-5-18-8-19-11/h1-2,5,8,10,16,21,23-26H,3-4,6-7H2,(H,18,19). The number of aromatic nitrogens is 2. The van der Waals surface area contributed by atoms with Gasteiger partial charge in [0.1, 0.15) is 23.3 Å². The molecule has 11 heteroatoms. The van der Waals surface area contributed by atoms with E-state index in [1.165, 1.54) is 24.7 Å². The molecule has 0 saturated carbocycles. The van der Waals surface area contributed by atoms with Crippen LogP contribution in [0.2, 0.25) is 6.32 Å². The lowest BCUT2D eigenvalue weighted by atomic mass is 9.82. The molecule has 144 valence electrons. The molecule has 0 unspecified atom stereocenters. The van der Waals surface area contributed by atoms with Gasteiger partial charge >= 0.3 is 7.12 Å². The number of aliphatic hydroxyl groups is 2. The van der Waals surface area contributed by atoms with Gasteiger partial charge in [-0.05, 0) is 24.4 Å². The summed E-state index contributed by atoms with van der Waals surface area (Å²) in [6, 6.07) is 3.00. The maximum absolute atomic E-state index is 12.1. The van der Waals surface area contributed by atoms with Crippen LogP contribution in [0.5, 0.6) is 11.5 Å². The molecule has 2 aromatic rings. The Labute approximate surface area is 154 Å². The smallest absolute Gasteiger partial charge is 0.451 e. The number of aryl methyl sites for hydroxylation is 1. The van der Waals surface area contributed by atoms with Crippen molar-refractivity contribution in [2.45, 2.75) is 25.1 Å². The van der Waals surface area contributed by atoms with E-state index in [0.29, 0.717) is 24.3 Å². The average molecular weight is 377 g/mol. The molecule has 1 aromatic carbocycles. The van der Waals surface area contributed by atoms with E-state index in [-0.39, 0.29) is 41.8 Å². The number of phenolic OH excluding ortho intramolecular Hbond substituents is 1. The number of nitrogens with zero attached hydrogens (tertiary/aromatic N) is 2. The van der Waals surface area contributed by atoms with Crippen LogP contribution in [0.4, 0.5) is 0 Å². The molecule has 1 saturated heterocycles. The molecule has 3 rings (SSSR count). The van der Waals surface area contributed by atoms with Gasteiger partial charge in [-0.3, -0.25) is 4.79 Å². The molecule has 1 aliphatic rings. The number of hydrogen-bond acceptors (Lipinski definition) is 8. The number of ether oxygens (including phenoxy) is 1. The second-order valence-electron chi connectivity index (χ2n) is 6.29. The second-order valence-corrected chi connectivity index (χ2v) is 6.29. The number of phenols is 1. The van der Waals surface area contributed by atoms with Crippen molar-refractivity contribution in [3.8, 4) is 11.5 Å². The van der Waals surface area contributed by atoms with Crippen LogP contribution in [0.1, 0.15) is 27.9 Å². The Balaban J connectivity index is 1.67. The van der Waals surface area contributed by atoms with Crippen molar-refractivity contribution >= 4 is 13.0 Å². The molecular formula is C16H20BN3O7. The zero-order chi connectivity index (χ0) is 19.6. The summed E-state index contributed by atoms with van der Waals surface area (Å²) in [6.07, 6.45) is 0.634. The molecule has 6 N–H and O–H groups in total. The maximum Gasteiger partial charge on any atom is 0.451 e. The normalized spacial score (nSPS) is 14.3. The van der Waals surface area contributed by atoms with E-state index in [0.717, 1.165) is 0 Å². The molecule has 27 heavy (non-hydrogen) atoms. The SMILES string of the molecule is O=C(c1cnc[nH]1)N1CC(Oc2ccc(CCB(O)O)c(O)c2C(O)O)C1. The van der Waals surface area contributed by atoms with Crippen molar-refractivity contribution in [1.82, 2.24) is 14.9 Å². The zero-order valence-corrected chi connectivity index (χ0v) is 14.3. The zero-order valence-electron chi connectivity index (χ0n) is 14.3. The van der Waals surface area contributed by atoms with Crippen LogP contribution < -0.4 is 4.74 Å². The van der Waals surface area contributed by atoms with Crippen molar-refractivity contribution in [1.29, 1.82) is 0 Å². The Morgan fingerprint density at radius 2 is 2.11 bits per heavy atom. The number of aromatic hydroxyl groups is 1. The fourth-order valence-corrected chi connectivity index (χ4v) is 2.87. The van der Waals surface area contributed by atoms with Gasteiger partial charge in [-0.25, -0.2) is 4.98 Å². The van der Waals surface area contributed by atoms with Gasteiger partial charge in [0.2, 0.25) is 0 Å². The number of hydrogen-bond donors (Lipinski definition) is 6. The molecule has 2 heterocycles. The summed E-state index contributed by atoms with van der Waals surface area (Å²) in [5.74, 6) is -0.488. The lowest BCUT2D eigenvalue weighted by Gasteiger charge is -2.39. The average Bonchev–Trinajstić information content (AvgIpc) is 3.10. The third kappa shape index (κ3) is 4.22. The van der Waals surface area contributed by atoms with Crippen LogP contribution in [-0.4, -0.2) is 72.5 Å². The van der Waals surface area contributed by atoms with E-state index < -0.39 is 13.4 Å². The van der Waals surface area contributed by atoms with Gasteiger partial charge in [0.25, 0.3) is 5.91 Å². The number of aromatic amines is 1. The Kier molecular flexibility index (Phi) is 5.66. The second kappa shape index (κ2) is 7.97. The lowest BCUT2D eigenvalue weighted by Crippen LogP contribution is -2.56. The number of H-pyrrole nitrogens is 1. The number of likely N-dealkylation sites (tertiary alicyclic amines) is 1. The highest BCUT2D eigenvalue weighted by molar-refractivity contribution is 6.41. The fourth-order valence-electron chi connectivity index (χ4n) is 2.87. The van der Waals surface area contributed by atoms with E-state index in [2.05, 4.69) is 9.97 Å². The van der Waals surface area contributed by atoms with Crippen molar-refractivity contribution in [2.24, 2.45) is 0 Å². The minimum absolute atomic E-state index is 0.0119. The summed E-state index contributed by atoms with van der Waals surface area (Å²) >= 11 is 0. The van der Waals surface area contributed by atoms with E-state index in [1.54, 1.807) is 4.90 Å². The Hall–Kier alpha value is -2.60. The molecule has 1 aliphatic heterocycles. The molecule has 1 fully saturated rings. The number of aliphatic hydroxyl groups excluding tert-OH is 1. The maximum atomic E-state index is 12.1. The van der Waals surface area contributed by atoms with Crippen molar-refractivity contribution in [3.63, 3.8) is 0 Å². The minimum atomic E-state index is -1.97. The first kappa shape index (κ1) is 19.2. The van der Waals surface area contributed by atoms with Crippen LogP contribution in [0.15, 0.2) is 24.7 Å². The predicted molar refractivity (Wildman–Crippen MR) is 92.9 cm³/mol. The van der Waals surface area contributed by atoms with Gasteiger partial charge in [-0.15, -0.1) is 0 Å². The van der Waals surface area contributed by atoms with Gasteiger partial charge in [-0.1, -0.05) is 6.07 Å². The highest BCUT2D eigenvalue weighted by Crippen LogP contribution is 2.37. The fraction of sp³-hybridized carbons (Fsp3) is 0.375. The molecule has 1 amide bonds. The summed E-state index contributed by atoms with van der Waals surface area (Å²) in [6.45, 7) is 0.607. The number of amides is 1. The predicted octanol–water partition coefficient (Wildman–Crippen LogP) is -0.983. The van der Waals surface area contributed by atoms with Crippen LogP contribution in [0.25, 0.3) is 0 Å². The number of imidazole rings is 1. The Morgan fingerprint density at radius 3 is 2.70 bits per heavy atom. The van der Waals surface area contributed by atoms with Crippen LogP contribution in [-0.2, 0) is 6.42 Å². The molecule has 10 nitrogen and oxygen atoms in total. The van der Waals surface area contributed by atoms with E-state index in [1.807, 2.05) is 0 Å².